The molecule has 0 radical (unpaired) electrons. The van der Waals surface area contributed by atoms with Gasteiger partial charge in [-0.05, 0) is 42.5 Å². The number of hydrogen-bond donors (Lipinski definition) is 2. The lowest BCUT2D eigenvalue weighted by molar-refractivity contribution is -0.115. The van der Waals surface area contributed by atoms with E-state index in [0.717, 1.165) is 4.47 Å². The molecular formula is C17H17BrN2O3. The number of rotatable bonds is 5. The van der Waals surface area contributed by atoms with Crippen LogP contribution in [0.25, 0.3) is 0 Å². The van der Waals surface area contributed by atoms with Crippen molar-refractivity contribution < 1.29 is 14.3 Å². The lowest BCUT2D eigenvalue weighted by Gasteiger charge is -2.10. The average molecular weight is 377 g/mol. The molecule has 0 spiro atoms. The molecule has 2 rings (SSSR count). The summed E-state index contributed by atoms with van der Waals surface area (Å²) >= 11 is 3.34. The van der Waals surface area contributed by atoms with Gasteiger partial charge in [0.1, 0.15) is 5.75 Å². The lowest BCUT2D eigenvalue weighted by atomic mass is 10.2. The molecule has 5 nitrogen and oxygen atoms in total. The topological polar surface area (TPSA) is 67.4 Å². The van der Waals surface area contributed by atoms with Crippen molar-refractivity contribution in [3.05, 3.63) is 52.5 Å². The van der Waals surface area contributed by atoms with Crippen LogP contribution in [0.1, 0.15) is 23.7 Å². The summed E-state index contributed by atoms with van der Waals surface area (Å²) in [5.74, 6) is 0.173. The third kappa shape index (κ3) is 4.56. The van der Waals surface area contributed by atoms with Gasteiger partial charge in [-0.2, -0.15) is 0 Å². The molecule has 0 aliphatic heterocycles. The Balaban J connectivity index is 2.11. The maximum atomic E-state index is 12.4. The molecule has 0 saturated carbocycles. The maximum Gasteiger partial charge on any atom is 0.259 e. The average Bonchev–Trinajstić information content (AvgIpc) is 2.56. The van der Waals surface area contributed by atoms with Crippen molar-refractivity contribution in [2.75, 3.05) is 17.7 Å². The van der Waals surface area contributed by atoms with Gasteiger partial charge in [0.15, 0.2) is 0 Å². The van der Waals surface area contributed by atoms with E-state index in [1.807, 2.05) is 0 Å². The minimum Gasteiger partial charge on any atom is -0.496 e. The zero-order chi connectivity index (χ0) is 16.8. The third-order valence-electron chi connectivity index (χ3n) is 3.15. The molecule has 0 heterocycles. The first-order valence-electron chi connectivity index (χ1n) is 7.08. The number of nitrogens with one attached hydrogen (secondary N) is 2. The van der Waals surface area contributed by atoms with E-state index >= 15 is 0 Å². The van der Waals surface area contributed by atoms with Crippen molar-refractivity contribution in [3.63, 3.8) is 0 Å². The number of carbonyl (C=O) groups is 2. The van der Waals surface area contributed by atoms with E-state index in [-0.39, 0.29) is 11.8 Å². The Morgan fingerprint density at radius 1 is 1.04 bits per heavy atom. The first kappa shape index (κ1) is 17.0. The fraction of sp³-hybridized carbons (Fsp3) is 0.176. The van der Waals surface area contributed by atoms with E-state index in [4.69, 9.17) is 4.74 Å². The summed E-state index contributed by atoms with van der Waals surface area (Å²) < 4.78 is 6.00. The molecule has 0 aliphatic rings. The number of halogens is 1. The van der Waals surface area contributed by atoms with E-state index in [1.165, 1.54) is 7.11 Å². The van der Waals surface area contributed by atoms with Gasteiger partial charge in [-0.25, -0.2) is 0 Å². The van der Waals surface area contributed by atoms with Gasteiger partial charge in [-0.1, -0.05) is 22.9 Å². The van der Waals surface area contributed by atoms with Gasteiger partial charge in [0, 0.05) is 22.3 Å². The summed E-state index contributed by atoms with van der Waals surface area (Å²) in [6, 6.07) is 12.2. The van der Waals surface area contributed by atoms with Crippen LogP contribution in [-0.4, -0.2) is 18.9 Å². The smallest absolute Gasteiger partial charge is 0.259 e. The van der Waals surface area contributed by atoms with E-state index in [2.05, 4.69) is 26.6 Å². The van der Waals surface area contributed by atoms with Crippen LogP contribution < -0.4 is 15.4 Å². The molecule has 0 aromatic heterocycles. The second kappa shape index (κ2) is 7.78. The normalized spacial score (nSPS) is 10.0. The lowest BCUT2D eigenvalue weighted by Crippen LogP contribution is -2.13. The Morgan fingerprint density at radius 3 is 2.22 bits per heavy atom. The zero-order valence-electron chi connectivity index (χ0n) is 12.9. The first-order valence-corrected chi connectivity index (χ1v) is 7.87. The molecule has 0 aliphatic carbocycles. The van der Waals surface area contributed by atoms with Crippen LogP contribution in [0.5, 0.6) is 5.75 Å². The quantitative estimate of drug-likeness (QED) is 0.826. The highest BCUT2D eigenvalue weighted by Crippen LogP contribution is 2.24. The Morgan fingerprint density at radius 2 is 1.65 bits per heavy atom. The predicted molar refractivity (Wildman–Crippen MR) is 94.0 cm³/mol. The highest BCUT2D eigenvalue weighted by atomic mass is 79.9. The minimum absolute atomic E-state index is 0.0549. The number of ether oxygens (including phenoxy) is 1. The van der Waals surface area contributed by atoms with Gasteiger partial charge >= 0.3 is 0 Å². The fourth-order valence-corrected chi connectivity index (χ4v) is 2.30. The molecule has 0 fully saturated rings. The molecule has 2 N–H and O–H groups in total. The largest absolute Gasteiger partial charge is 0.496 e. The second-order valence-corrected chi connectivity index (χ2v) is 5.69. The molecule has 6 heteroatoms. The molecule has 0 saturated heterocycles. The number of benzene rings is 2. The van der Waals surface area contributed by atoms with Crippen molar-refractivity contribution in [2.24, 2.45) is 0 Å². The SMILES string of the molecule is CCC(=O)Nc1ccc(NC(=O)c2cc(Br)ccc2OC)cc1. The molecular weight excluding hydrogens is 360 g/mol. The molecule has 2 aromatic rings. The standard InChI is InChI=1S/C17H17BrN2O3/c1-3-16(21)19-12-5-7-13(8-6-12)20-17(22)14-10-11(18)4-9-15(14)23-2/h4-10H,3H2,1-2H3,(H,19,21)(H,20,22). The molecule has 23 heavy (non-hydrogen) atoms. The number of hydrogen-bond acceptors (Lipinski definition) is 3. The van der Waals surface area contributed by atoms with E-state index in [1.54, 1.807) is 49.4 Å². The molecule has 0 atom stereocenters. The summed E-state index contributed by atoms with van der Waals surface area (Å²) in [6.07, 6.45) is 0.418. The van der Waals surface area contributed by atoms with Crippen LogP contribution in [0.3, 0.4) is 0 Å². The summed E-state index contributed by atoms with van der Waals surface area (Å²) in [5, 5.41) is 5.55. The van der Waals surface area contributed by atoms with Crippen LogP contribution in [0.4, 0.5) is 11.4 Å². The van der Waals surface area contributed by atoms with Gasteiger partial charge in [-0.15, -0.1) is 0 Å². The Bertz CT molecular complexity index is 714. The van der Waals surface area contributed by atoms with Crippen LogP contribution in [0.15, 0.2) is 46.9 Å². The molecule has 120 valence electrons. The predicted octanol–water partition coefficient (Wildman–Crippen LogP) is 4.06. The fourth-order valence-electron chi connectivity index (χ4n) is 1.94. The minimum atomic E-state index is -0.270. The highest BCUT2D eigenvalue weighted by molar-refractivity contribution is 9.10. The van der Waals surface area contributed by atoms with E-state index in [0.29, 0.717) is 29.1 Å². The summed E-state index contributed by atoms with van der Waals surface area (Å²) in [5.41, 5.74) is 1.76. The van der Waals surface area contributed by atoms with Crippen molar-refractivity contribution in [1.29, 1.82) is 0 Å². The number of anilines is 2. The van der Waals surface area contributed by atoms with Gasteiger partial charge in [-0.3, -0.25) is 9.59 Å². The van der Waals surface area contributed by atoms with Crippen LogP contribution in [0, 0.1) is 0 Å². The highest BCUT2D eigenvalue weighted by Gasteiger charge is 2.13. The Hall–Kier alpha value is -2.34. The van der Waals surface area contributed by atoms with E-state index in [9.17, 15) is 9.59 Å². The van der Waals surface area contributed by atoms with Crippen molar-refractivity contribution in [2.45, 2.75) is 13.3 Å². The second-order valence-electron chi connectivity index (χ2n) is 4.78. The van der Waals surface area contributed by atoms with E-state index < -0.39 is 0 Å². The Labute approximate surface area is 143 Å². The number of carbonyl (C=O) groups excluding carboxylic acids is 2. The summed E-state index contributed by atoms with van der Waals surface area (Å²) in [7, 11) is 1.52. The molecule has 0 unspecified atom stereocenters. The van der Waals surface area contributed by atoms with Gasteiger partial charge < -0.3 is 15.4 Å². The van der Waals surface area contributed by atoms with Gasteiger partial charge in [0.25, 0.3) is 5.91 Å². The third-order valence-corrected chi connectivity index (χ3v) is 3.65. The van der Waals surface area contributed by atoms with Gasteiger partial charge in [0.05, 0.1) is 12.7 Å². The van der Waals surface area contributed by atoms with Crippen molar-refractivity contribution in [3.8, 4) is 5.75 Å². The summed E-state index contributed by atoms with van der Waals surface area (Å²) in [6.45, 7) is 1.79. The van der Waals surface area contributed by atoms with Crippen molar-refractivity contribution >= 4 is 39.1 Å². The van der Waals surface area contributed by atoms with Crippen LogP contribution in [0.2, 0.25) is 0 Å². The monoisotopic (exact) mass is 376 g/mol. The van der Waals surface area contributed by atoms with Crippen LogP contribution in [-0.2, 0) is 4.79 Å². The zero-order valence-corrected chi connectivity index (χ0v) is 14.4. The van der Waals surface area contributed by atoms with Crippen molar-refractivity contribution in [1.82, 2.24) is 0 Å². The molecule has 2 amide bonds. The molecule has 0 bridgehead atoms. The number of methoxy groups -OCH3 is 1. The first-order chi connectivity index (χ1) is 11.0. The Kier molecular flexibility index (Phi) is 5.76. The molecule has 2 aromatic carbocycles. The summed E-state index contributed by atoms with van der Waals surface area (Å²) in [4.78, 5) is 23.7. The van der Waals surface area contributed by atoms with Crippen LogP contribution >= 0.6 is 15.9 Å². The number of amides is 2. The van der Waals surface area contributed by atoms with Gasteiger partial charge in [0.2, 0.25) is 5.91 Å². The maximum absolute atomic E-state index is 12.4.